The van der Waals surface area contributed by atoms with Gasteiger partial charge in [-0.2, -0.15) is 0 Å². The van der Waals surface area contributed by atoms with Crippen molar-refractivity contribution < 1.29 is 9.84 Å². The largest absolute Gasteiger partial charge is 0.497 e. The second-order valence-corrected chi connectivity index (χ2v) is 5.78. The SMILES string of the molecule is COc1ccc(-c2nc(-c3ccccc3)cn3c(O)c(C)nc23)cc1. The van der Waals surface area contributed by atoms with Gasteiger partial charge in [0.05, 0.1) is 12.8 Å². The van der Waals surface area contributed by atoms with Crippen LogP contribution in [0.5, 0.6) is 11.6 Å². The number of benzene rings is 2. The first-order chi connectivity index (χ1) is 12.2. The Balaban J connectivity index is 1.99. The number of methoxy groups -OCH3 is 1. The van der Waals surface area contributed by atoms with Crippen LogP contribution in [0.2, 0.25) is 0 Å². The highest BCUT2D eigenvalue weighted by Gasteiger charge is 2.16. The Morgan fingerprint density at radius 1 is 0.920 bits per heavy atom. The number of aromatic hydroxyl groups is 1. The molecule has 5 nitrogen and oxygen atoms in total. The number of hydrogen-bond donors (Lipinski definition) is 1. The highest BCUT2D eigenvalue weighted by Crippen LogP contribution is 2.31. The third-order valence-electron chi connectivity index (χ3n) is 4.18. The van der Waals surface area contributed by atoms with Crippen molar-refractivity contribution in [3.05, 3.63) is 66.5 Å². The molecule has 0 unspecified atom stereocenters. The maximum absolute atomic E-state index is 10.4. The summed E-state index contributed by atoms with van der Waals surface area (Å²) in [7, 11) is 1.64. The van der Waals surface area contributed by atoms with E-state index in [9.17, 15) is 5.11 Å². The molecule has 0 spiro atoms. The molecule has 0 atom stereocenters. The van der Waals surface area contributed by atoms with Crippen LogP contribution in [0, 0.1) is 6.92 Å². The minimum absolute atomic E-state index is 0.129. The second kappa shape index (κ2) is 5.94. The number of ether oxygens (including phenoxy) is 1. The van der Waals surface area contributed by atoms with Crippen molar-refractivity contribution in [2.75, 3.05) is 7.11 Å². The van der Waals surface area contributed by atoms with E-state index in [1.807, 2.05) is 60.8 Å². The summed E-state index contributed by atoms with van der Waals surface area (Å²) in [6.07, 6.45) is 1.81. The Morgan fingerprint density at radius 2 is 1.64 bits per heavy atom. The van der Waals surface area contributed by atoms with Crippen LogP contribution in [0.15, 0.2) is 60.8 Å². The van der Waals surface area contributed by atoms with Gasteiger partial charge in [-0.1, -0.05) is 30.3 Å². The van der Waals surface area contributed by atoms with Gasteiger partial charge in [-0.3, -0.25) is 4.40 Å². The molecule has 25 heavy (non-hydrogen) atoms. The number of aromatic nitrogens is 3. The predicted molar refractivity (Wildman–Crippen MR) is 96.8 cm³/mol. The van der Waals surface area contributed by atoms with Crippen molar-refractivity contribution in [2.24, 2.45) is 0 Å². The van der Waals surface area contributed by atoms with Gasteiger partial charge in [0.25, 0.3) is 0 Å². The van der Waals surface area contributed by atoms with E-state index >= 15 is 0 Å². The lowest BCUT2D eigenvalue weighted by Crippen LogP contribution is -1.96. The zero-order chi connectivity index (χ0) is 17.4. The number of imidazole rings is 1. The van der Waals surface area contributed by atoms with Gasteiger partial charge in [0.2, 0.25) is 5.88 Å². The normalized spacial score (nSPS) is 11.0. The van der Waals surface area contributed by atoms with Gasteiger partial charge in [0.1, 0.15) is 17.1 Å². The molecule has 2 aromatic carbocycles. The van der Waals surface area contributed by atoms with E-state index < -0.39 is 0 Å². The number of aryl methyl sites for hydroxylation is 1. The minimum atomic E-state index is 0.129. The van der Waals surface area contributed by atoms with Crippen molar-refractivity contribution in [2.45, 2.75) is 6.92 Å². The average Bonchev–Trinajstić information content (AvgIpc) is 2.96. The van der Waals surface area contributed by atoms with Gasteiger partial charge in [0.15, 0.2) is 5.65 Å². The fraction of sp³-hybridized carbons (Fsp3) is 0.100. The van der Waals surface area contributed by atoms with E-state index in [-0.39, 0.29) is 5.88 Å². The Hall–Kier alpha value is -3.34. The smallest absolute Gasteiger partial charge is 0.219 e. The molecule has 0 aliphatic carbocycles. The highest BCUT2D eigenvalue weighted by molar-refractivity contribution is 5.78. The van der Waals surface area contributed by atoms with E-state index in [1.165, 1.54) is 0 Å². The quantitative estimate of drug-likeness (QED) is 0.614. The van der Waals surface area contributed by atoms with Gasteiger partial charge >= 0.3 is 0 Å². The molecule has 2 aromatic heterocycles. The summed E-state index contributed by atoms with van der Waals surface area (Å²) in [6, 6.07) is 17.5. The van der Waals surface area contributed by atoms with Gasteiger partial charge in [-0.15, -0.1) is 0 Å². The summed E-state index contributed by atoms with van der Waals surface area (Å²) in [5.74, 6) is 0.908. The number of hydrogen-bond acceptors (Lipinski definition) is 4. The van der Waals surface area contributed by atoms with Crippen molar-refractivity contribution in [3.8, 4) is 34.1 Å². The standard InChI is InChI=1S/C20H17N3O2/c1-13-20(24)23-12-17(14-6-4-3-5-7-14)22-18(19(23)21-13)15-8-10-16(25-2)11-9-15/h3-12,24H,1-2H3. The number of nitrogens with zero attached hydrogens (tertiary/aromatic N) is 3. The molecule has 5 heteroatoms. The topological polar surface area (TPSA) is 59.7 Å². The van der Waals surface area contributed by atoms with Crippen LogP contribution in [0.25, 0.3) is 28.2 Å². The van der Waals surface area contributed by atoms with E-state index in [1.54, 1.807) is 18.4 Å². The summed E-state index contributed by atoms with van der Waals surface area (Å²) < 4.78 is 6.91. The molecule has 2 heterocycles. The lowest BCUT2D eigenvalue weighted by atomic mass is 10.1. The van der Waals surface area contributed by atoms with E-state index in [2.05, 4.69) is 4.98 Å². The Labute approximate surface area is 145 Å². The zero-order valence-electron chi connectivity index (χ0n) is 14.0. The molecular weight excluding hydrogens is 314 g/mol. The summed E-state index contributed by atoms with van der Waals surface area (Å²) in [4.78, 5) is 9.30. The average molecular weight is 331 g/mol. The van der Waals surface area contributed by atoms with Crippen molar-refractivity contribution in [1.82, 2.24) is 14.4 Å². The summed E-state index contributed by atoms with van der Waals surface area (Å²) >= 11 is 0. The van der Waals surface area contributed by atoms with Crippen molar-refractivity contribution in [3.63, 3.8) is 0 Å². The maximum Gasteiger partial charge on any atom is 0.219 e. The molecule has 4 aromatic rings. The van der Waals surface area contributed by atoms with Gasteiger partial charge in [-0.05, 0) is 31.2 Å². The van der Waals surface area contributed by atoms with E-state index in [0.717, 1.165) is 22.6 Å². The summed E-state index contributed by atoms with van der Waals surface area (Å²) in [6.45, 7) is 1.78. The Morgan fingerprint density at radius 3 is 2.32 bits per heavy atom. The molecule has 0 aliphatic rings. The third-order valence-corrected chi connectivity index (χ3v) is 4.18. The van der Waals surface area contributed by atoms with Gasteiger partial charge in [0, 0.05) is 17.3 Å². The van der Waals surface area contributed by atoms with Crippen LogP contribution >= 0.6 is 0 Å². The Bertz CT molecular complexity index is 1040. The molecule has 0 saturated heterocycles. The zero-order valence-corrected chi connectivity index (χ0v) is 14.0. The lowest BCUT2D eigenvalue weighted by Gasteiger charge is -2.09. The van der Waals surface area contributed by atoms with Crippen LogP contribution in [-0.2, 0) is 0 Å². The van der Waals surface area contributed by atoms with Crippen LogP contribution in [0.4, 0.5) is 0 Å². The molecule has 0 fully saturated rings. The van der Waals surface area contributed by atoms with E-state index in [0.29, 0.717) is 17.0 Å². The number of fused-ring (bicyclic) bond motifs is 1. The predicted octanol–water partition coefficient (Wildman–Crippen LogP) is 4.09. The molecular formula is C20H17N3O2. The lowest BCUT2D eigenvalue weighted by molar-refractivity contribution is 0.415. The molecule has 0 amide bonds. The van der Waals surface area contributed by atoms with Crippen LogP contribution in [0.3, 0.4) is 0 Å². The Kier molecular flexibility index (Phi) is 3.61. The molecule has 124 valence electrons. The molecule has 1 N–H and O–H groups in total. The molecule has 0 bridgehead atoms. The summed E-state index contributed by atoms with van der Waals surface area (Å²) in [5.41, 5.74) is 4.57. The first kappa shape index (κ1) is 15.2. The fourth-order valence-electron chi connectivity index (χ4n) is 2.84. The van der Waals surface area contributed by atoms with Crippen molar-refractivity contribution >= 4 is 5.65 Å². The van der Waals surface area contributed by atoms with Gasteiger partial charge < -0.3 is 9.84 Å². The van der Waals surface area contributed by atoms with E-state index in [4.69, 9.17) is 9.72 Å². The maximum atomic E-state index is 10.4. The third kappa shape index (κ3) is 2.59. The molecule has 0 aliphatic heterocycles. The van der Waals surface area contributed by atoms with Crippen molar-refractivity contribution in [1.29, 1.82) is 0 Å². The van der Waals surface area contributed by atoms with Gasteiger partial charge in [-0.25, -0.2) is 9.97 Å². The first-order valence-electron chi connectivity index (χ1n) is 7.96. The number of rotatable bonds is 3. The fourth-order valence-corrected chi connectivity index (χ4v) is 2.84. The van der Waals surface area contributed by atoms with Crippen LogP contribution in [0.1, 0.15) is 5.69 Å². The van der Waals surface area contributed by atoms with Crippen LogP contribution in [-0.4, -0.2) is 26.6 Å². The second-order valence-electron chi connectivity index (χ2n) is 5.78. The molecule has 0 radical (unpaired) electrons. The molecule has 4 rings (SSSR count). The monoisotopic (exact) mass is 331 g/mol. The molecule has 0 saturated carbocycles. The highest BCUT2D eigenvalue weighted by atomic mass is 16.5. The summed E-state index contributed by atoms with van der Waals surface area (Å²) in [5, 5.41) is 10.4. The first-order valence-corrected chi connectivity index (χ1v) is 7.96. The minimum Gasteiger partial charge on any atom is -0.497 e. The van der Waals surface area contributed by atoms with Crippen LogP contribution < -0.4 is 4.74 Å².